The molecule has 4 aromatic rings. The number of hydrogen-bond donors (Lipinski definition) is 0. The van der Waals surface area contributed by atoms with E-state index in [-0.39, 0.29) is 24.5 Å². The Balaban J connectivity index is 1.23. The van der Waals surface area contributed by atoms with E-state index in [0.29, 0.717) is 23.7 Å². The number of hydrogen-bond acceptors (Lipinski definition) is 6. The van der Waals surface area contributed by atoms with Crippen molar-refractivity contribution in [3.8, 4) is 17.2 Å². The highest BCUT2D eigenvalue weighted by molar-refractivity contribution is 5.92. The summed E-state index contributed by atoms with van der Waals surface area (Å²) in [5.41, 5.74) is 1.85. The van der Waals surface area contributed by atoms with Gasteiger partial charge in [-0.15, -0.1) is 0 Å². The largest absolute Gasteiger partial charge is 0.493 e. The quantitative estimate of drug-likeness (QED) is 0.154. The lowest BCUT2D eigenvalue weighted by Gasteiger charge is -2.09. The van der Waals surface area contributed by atoms with E-state index < -0.39 is 11.9 Å². The van der Waals surface area contributed by atoms with Gasteiger partial charge in [-0.1, -0.05) is 54.6 Å². The second kappa shape index (κ2) is 12.8. The van der Waals surface area contributed by atoms with Crippen LogP contribution < -0.4 is 14.2 Å². The molecule has 0 N–H and O–H groups in total. The number of ether oxygens (including phenoxy) is 4. The predicted molar refractivity (Wildman–Crippen MR) is 136 cm³/mol. The van der Waals surface area contributed by atoms with Crippen LogP contribution in [0.25, 0.3) is 0 Å². The van der Waals surface area contributed by atoms with Crippen molar-refractivity contribution in [3.05, 3.63) is 126 Å². The van der Waals surface area contributed by atoms with Crippen LogP contribution in [0.2, 0.25) is 0 Å². The fourth-order valence-corrected chi connectivity index (χ4v) is 3.37. The number of benzene rings is 4. The Hall–Kier alpha value is -4.58. The van der Waals surface area contributed by atoms with Gasteiger partial charge in [-0.25, -0.2) is 9.59 Å². The highest BCUT2D eigenvalue weighted by Crippen LogP contribution is 2.18. The number of carbonyl (C=O) groups is 2. The van der Waals surface area contributed by atoms with Gasteiger partial charge in [0.25, 0.3) is 0 Å². The van der Waals surface area contributed by atoms with Crippen molar-refractivity contribution in [3.63, 3.8) is 0 Å². The lowest BCUT2D eigenvalue weighted by atomic mass is 10.2. The van der Waals surface area contributed by atoms with E-state index in [4.69, 9.17) is 18.9 Å². The normalized spacial score (nSPS) is 10.3. The molecule has 36 heavy (non-hydrogen) atoms. The first-order valence-electron chi connectivity index (χ1n) is 11.6. The van der Waals surface area contributed by atoms with E-state index in [1.54, 1.807) is 42.5 Å². The predicted octanol–water partition coefficient (Wildman–Crippen LogP) is 5.76. The Bertz CT molecular complexity index is 1250. The molecule has 0 unspecified atom stereocenters. The zero-order valence-corrected chi connectivity index (χ0v) is 19.7. The Kier molecular flexibility index (Phi) is 8.70. The van der Waals surface area contributed by atoms with Crippen LogP contribution in [0.4, 0.5) is 0 Å². The summed E-state index contributed by atoms with van der Waals surface area (Å²) in [6.07, 6.45) is 0.795. The molecule has 6 nitrogen and oxygen atoms in total. The van der Waals surface area contributed by atoms with Crippen molar-refractivity contribution in [2.24, 2.45) is 0 Å². The fraction of sp³-hybridized carbons (Fsp3) is 0.133. The first-order chi connectivity index (χ1) is 17.7. The van der Waals surface area contributed by atoms with E-state index in [0.717, 1.165) is 6.42 Å². The van der Waals surface area contributed by atoms with Crippen LogP contribution in [0.3, 0.4) is 0 Å². The maximum Gasteiger partial charge on any atom is 0.343 e. The molecule has 0 radical (unpaired) electrons. The smallest absolute Gasteiger partial charge is 0.343 e. The number of para-hydroxylation sites is 1. The molecule has 182 valence electrons. The molecule has 4 rings (SSSR count). The molecule has 0 aliphatic rings. The van der Waals surface area contributed by atoms with E-state index >= 15 is 0 Å². The van der Waals surface area contributed by atoms with Crippen molar-refractivity contribution in [2.45, 2.75) is 6.42 Å². The first-order valence-corrected chi connectivity index (χ1v) is 11.6. The first kappa shape index (κ1) is 24.5. The van der Waals surface area contributed by atoms with E-state index in [9.17, 15) is 9.59 Å². The van der Waals surface area contributed by atoms with Crippen LogP contribution in [0.15, 0.2) is 109 Å². The van der Waals surface area contributed by atoms with Crippen LogP contribution in [0.1, 0.15) is 26.3 Å². The second-order valence-electron chi connectivity index (χ2n) is 7.82. The number of esters is 2. The fourth-order valence-electron chi connectivity index (χ4n) is 3.37. The van der Waals surface area contributed by atoms with Gasteiger partial charge < -0.3 is 18.9 Å². The highest BCUT2D eigenvalue weighted by atomic mass is 16.6. The van der Waals surface area contributed by atoms with Gasteiger partial charge in [-0.2, -0.15) is 0 Å². The molecular formula is C30H26O6. The molecule has 0 fully saturated rings. The number of carbonyl (C=O) groups excluding carboxylic acids is 2. The summed E-state index contributed by atoms with van der Waals surface area (Å²) < 4.78 is 22.0. The van der Waals surface area contributed by atoms with Gasteiger partial charge in [0, 0.05) is 6.42 Å². The molecule has 0 atom stereocenters. The van der Waals surface area contributed by atoms with Crippen LogP contribution in [0.5, 0.6) is 17.2 Å². The van der Waals surface area contributed by atoms with Crippen molar-refractivity contribution < 1.29 is 28.5 Å². The minimum atomic E-state index is -0.535. The molecular weight excluding hydrogens is 456 g/mol. The lowest BCUT2D eigenvalue weighted by Crippen LogP contribution is -2.13. The molecule has 0 bridgehead atoms. The summed E-state index contributed by atoms with van der Waals surface area (Å²) in [7, 11) is 0. The Morgan fingerprint density at radius 1 is 0.528 bits per heavy atom. The summed E-state index contributed by atoms with van der Waals surface area (Å²) in [6.45, 7) is 0.864. The van der Waals surface area contributed by atoms with Gasteiger partial charge in [0.1, 0.15) is 30.5 Å². The summed E-state index contributed by atoms with van der Waals surface area (Å²) in [4.78, 5) is 24.9. The van der Waals surface area contributed by atoms with Crippen molar-refractivity contribution in [1.29, 1.82) is 0 Å². The summed E-state index contributed by atoms with van der Waals surface area (Å²) in [5, 5.41) is 0. The Morgan fingerprint density at radius 2 is 1.17 bits per heavy atom. The van der Waals surface area contributed by atoms with Gasteiger partial charge in [0.15, 0.2) is 0 Å². The topological polar surface area (TPSA) is 71.1 Å². The monoisotopic (exact) mass is 482 g/mol. The minimum Gasteiger partial charge on any atom is -0.493 e. The van der Waals surface area contributed by atoms with E-state index in [2.05, 4.69) is 12.1 Å². The van der Waals surface area contributed by atoms with Crippen LogP contribution in [0, 0.1) is 0 Å². The summed E-state index contributed by atoms with van der Waals surface area (Å²) >= 11 is 0. The van der Waals surface area contributed by atoms with E-state index in [1.807, 2.05) is 48.5 Å². The molecule has 6 heteroatoms. The van der Waals surface area contributed by atoms with Gasteiger partial charge in [0.2, 0.25) is 0 Å². The Labute approximate surface area is 210 Å². The second-order valence-corrected chi connectivity index (χ2v) is 7.82. The van der Waals surface area contributed by atoms with Crippen molar-refractivity contribution in [1.82, 2.24) is 0 Å². The molecule has 0 saturated heterocycles. The van der Waals surface area contributed by atoms with Gasteiger partial charge >= 0.3 is 11.9 Å². The molecule has 0 aromatic heterocycles. The molecule has 0 aliphatic heterocycles. The third kappa shape index (κ3) is 7.46. The maximum absolute atomic E-state index is 12.6. The zero-order chi connectivity index (χ0) is 25.0. The SMILES string of the molecule is O=C(OCCOc1ccccc1)c1cccc(OC(=O)c2ccc(OCCc3ccccc3)cc2)c1. The molecule has 0 aliphatic carbocycles. The van der Waals surface area contributed by atoms with Gasteiger partial charge in [-0.3, -0.25) is 0 Å². The van der Waals surface area contributed by atoms with Crippen molar-refractivity contribution in [2.75, 3.05) is 19.8 Å². The standard InChI is InChI=1S/C30H26O6/c31-29(35-21-20-34-26-11-5-2-6-12-26)25-10-7-13-28(22-25)36-30(32)24-14-16-27(17-15-24)33-19-18-23-8-3-1-4-9-23/h1-17,22H,18-21H2. The molecule has 0 amide bonds. The third-order valence-electron chi connectivity index (χ3n) is 5.20. The van der Waals surface area contributed by atoms with Gasteiger partial charge in [0.05, 0.1) is 17.7 Å². The summed E-state index contributed by atoms with van der Waals surface area (Å²) in [5.74, 6) is 0.560. The molecule has 0 heterocycles. The van der Waals surface area contributed by atoms with Crippen molar-refractivity contribution >= 4 is 11.9 Å². The average molecular weight is 483 g/mol. The highest BCUT2D eigenvalue weighted by Gasteiger charge is 2.12. The molecule has 0 saturated carbocycles. The van der Waals surface area contributed by atoms with Gasteiger partial charge in [-0.05, 0) is 60.2 Å². The minimum absolute atomic E-state index is 0.0948. The third-order valence-corrected chi connectivity index (χ3v) is 5.20. The van der Waals surface area contributed by atoms with Crippen LogP contribution in [-0.2, 0) is 11.2 Å². The zero-order valence-electron chi connectivity index (χ0n) is 19.7. The van der Waals surface area contributed by atoms with E-state index in [1.165, 1.54) is 11.6 Å². The molecule has 4 aromatic carbocycles. The lowest BCUT2D eigenvalue weighted by molar-refractivity contribution is 0.0449. The average Bonchev–Trinajstić information content (AvgIpc) is 2.93. The Morgan fingerprint density at radius 3 is 1.92 bits per heavy atom. The maximum atomic E-state index is 12.6. The van der Waals surface area contributed by atoms with Crippen LogP contribution in [-0.4, -0.2) is 31.8 Å². The summed E-state index contributed by atoms with van der Waals surface area (Å²) in [6, 6.07) is 32.4. The molecule has 0 spiro atoms. The number of rotatable bonds is 11. The van der Waals surface area contributed by atoms with Crippen LogP contribution >= 0.6 is 0 Å².